The first-order chi connectivity index (χ1) is 18.1. The van der Waals surface area contributed by atoms with E-state index in [0.717, 1.165) is 63.7 Å². The van der Waals surface area contributed by atoms with Gasteiger partial charge in [0, 0.05) is 29.3 Å². The van der Waals surface area contributed by atoms with Crippen LogP contribution < -0.4 is 5.32 Å². The maximum Gasteiger partial charge on any atom is 0.227 e. The Kier molecular flexibility index (Phi) is 4.85. The molecule has 0 aliphatic heterocycles. The molecule has 3 N–H and O–H groups in total. The summed E-state index contributed by atoms with van der Waals surface area (Å²) in [4.78, 5) is 33.7. The van der Waals surface area contributed by atoms with E-state index in [4.69, 9.17) is 4.98 Å². The first-order valence-corrected chi connectivity index (χ1v) is 12.2. The smallest absolute Gasteiger partial charge is 0.227 e. The van der Waals surface area contributed by atoms with Gasteiger partial charge in [0.2, 0.25) is 5.91 Å². The van der Waals surface area contributed by atoms with E-state index in [0.29, 0.717) is 17.2 Å². The lowest BCUT2D eigenvalue weighted by Crippen LogP contribution is -2.28. The third kappa shape index (κ3) is 3.74. The molecular weight excluding hydrogens is 466 g/mol. The van der Waals surface area contributed by atoms with Gasteiger partial charge < -0.3 is 14.9 Å². The zero-order valence-electron chi connectivity index (χ0n) is 20.1. The maximum absolute atomic E-state index is 12.4. The third-order valence-corrected chi connectivity index (χ3v) is 6.97. The monoisotopic (exact) mass is 489 g/mol. The third-order valence-electron chi connectivity index (χ3n) is 6.97. The van der Waals surface area contributed by atoms with E-state index in [1.165, 1.54) is 0 Å². The van der Waals surface area contributed by atoms with Crippen LogP contribution in [0.2, 0.25) is 0 Å². The molecule has 1 amide bonds. The number of aryl methyl sites for hydroxylation is 1. The highest BCUT2D eigenvalue weighted by molar-refractivity contribution is 5.97. The van der Waals surface area contributed by atoms with Crippen LogP contribution in [0.4, 0.5) is 5.69 Å². The van der Waals surface area contributed by atoms with Crippen LogP contribution in [0.25, 0.3) is 50.3 Å². The molecule has 5 aromatic heterocycles. The minimum atomic E-state index is 0.0716. The predicted octanol–water partition coefficient (Wildman–Crippen LogP) is 4.80. The molecule has 1 aliphatic carbocycles. The number of benzene rings is 1. The van der Waals surface area contributed by atoms with Crippen LogP contribution in [0.15, 0.2) is 61.6 Å². The number of nitrogens with one attached hydrogen (secondary N) is 3. The first-order valence-electron chi connectivity index (χ1n) is 12.2. The van der Waals surface area contributed by atoms with E-state index < -0.39 is 0 Å². The van der Waals surface area contributed by atoms with Crippen LogP contribution in [0, 0.1) is 12.8 Å². The average Bonchev–Trinajstić information content (AvgIpc) is 3.60. The number of hydrogen-bond acceptors (Lipinski definition) is 6. The van der Waals surface area contributed by atoms with E-state index >= 15 is 0 Å². The van der Waals surface area contributed by atoms with Gasteiger partial charge in [0.25, 0.3) is 0 Å². The average molecular weight is 490 g/mol. The molecule has 182 valence electrons. The number of carbonyl (C=O) groups is 1. The van der Waals surface area contributed by atoms with E-state index in [1.54, 1.807) is 31.1 Å². The highest BCUT2D eigenvalue weighted by Crippen LogP contribution is 2.32. The zero-order chi connectivity index (χ0) is 24.9. The van der Waals surface area contributed by atoms with E-state index in [-0.39, 0.29) is 11.8 Å². The molecule has 37 heavy (non-hydrogen) atoms. The summed E-state index contributed by atoms with van der Waals surface area (Å²) in [5.74, 6) is 0.831. The summed E-state index contributed by atoms with van der Waals surface area (Å²) in [5, 5.41) is 11.6. The van der Waals surface area contributed by atoms with Crippen molar-refractivity contribution < 1.29 is 4.79 Å². The van der Waals surface area contributed by atoms with Gasteiger partial charge in [-0.05, 0) is 43.5 Å². The van der Waals surface area contributed by atoms with Crippen molar-refractivity contribution in [3.63, 3.8) is 0 Å². The number of amides is 1. The van der Waals surface area contributed by atoms with Crippen molar-refractivity contribution >= 4 is 33.5 Å². The van der Waals surface area contributed by atoms with Gasteiger partial charge in [0.05, 0.1) is 53.0 Å². The molecule has 5 heterocycles. The summed E-state index contributed by atoms with van der Waals surface area (Å²) in [6, 6.07) is 8.02. The molecule has 0 radical (unpaired) electrons. The van der Waals surface area contributed by atoms with Crippen molar-refractivity contribution in [3.05, 3.63) is 67.3 Å². The Bertz CT molecular complexity index is 1790. The number of H-pyrrole nitrogens is 2. The van der Waals surface area contributed by atoms with Crippen molar-refractivity contribution in [3.8, 4) is 28.3 Å². The van der Waals surface area contributed by atoms with Gasteiger partial charge in [-0.1, -0.05) is 12.5 Å². The highest BCUT2D eigenvalue weighted by atomic mass is 16.1. The maximum atomic E-state index is 12.4. The van der Waals surface area contributed by atoms with Gasteiger partial charge in [-0.2, -0.15) is 5.10 Å². The minimum absolute atomic E-state index is 0.0716. The highest BCUT2D eigenvalue weighted by Gasteiger charge is 2.25. The number of hydrogen-bond donors (Lipinski definition) is 3. The van der Waals surface area contributed by atoms with Crippen molar-refractivity contribution in [1.82, 2.24) is 39.7 Å². The molecule has 0 saturated heterocycles. The first kappa shape index (κ1) is 21.4. The summed E-state index contributed by atoms with van der Waals surface area (Å²) < 4.78 is 1.92. The predicted molar refractivity (Wildman–Crippen MR) is 140 cm³/mol. The fraction of sp³-hybridized carbons (Fsp3) is 0.185. The van der Waals surface area contributed by atoms with E-state index in [2.05, 4.69) is 41.5 Å². The summed E-state index contributed by atoms with van der Waals surface area (Å²) >= 11 is 0. The number of anilines is 1. The Balaban J connectivity index is 1.26. The second-order valence-electron chi connectivity index (χ2n) is 9.47. The fourth-order valence-corrected chi connectivity index (χ4v) is 4.73. The van der Waals surface area contributed by atoms with Crippen molar-refractivity contribution in [2.24, 2.45) is 5.92 Å². The van der Waals surface area contributed by atoms with Gasteiger partial charge in [0.1, 0.15) is 11.2 Å². The van der Waals surface area contributed by atoms with Crippen LogP contribution in [0.5, 0.6) is 0 Å². The number of carbonyl (C=O) groups excluding carboxylic acids is 1. The van der Waals surface area contributed by atoms with Crippen LogP contribution >= 0.6 is 0 Å². The number of imidazole rings is 2. The molecule has 6 aromatic rings. The molecule has 1 saturated carbocycles. The van der Waals surface area contributed by atoms with Crippen molar-refractivity contribution in [2.75, 3.05) is 5.32 Å². The minimum Gasteiger partial charge on any atom is -0.335 e. The number of aromatic nitrogens is 8. The Morgan fingerprint density at radius 2 is 1.95 bits per heavy atom. The van der Waals surface area contributed by atoms with Crippen LogP contribution in [0.1, 0.15) is 25.0 Å². The van der Waals surface area contributed by atoms with Gasteiger partial charge in [-0.15, -0.1) is 0 Å². The lowest BCUT2D eigenvalue weighted by atomic mass is 9.85. The standard InChI is InChI=1S/C27H23N9O/c1-15-13-36(14-30-15)23-12-29-11-22-25(23)33-26(32-22)24-20-8-17(5-6-21(20)34-35-24)18-7-19(10-28-9-18)31-27(37)16-3-2-4-16/h5-14,16H,2-4H2,1H3,(H,31,37)(H,32,33)(H,34,35). The quantitative estimate of drug-likeness (QED) is 0.319. The second-order valence-corrected chi connectivity index (χ2v) is 9.47. The Hall–Kier alpha value is -4.86. The van der Waals surface area contributed by atoms with E-state index in [9.17, 15) is 4.79 Å². The lowest BCUT2D eigenvalue weighted by molar-refractivity contribution is -0.122. The van der Waals surface area contributed by atoms with Gasteiger partial charge >= 0.3 is 0 Å². The van der Waals surface area contributed by atoms with Gasteiger partial charge in [0.15, 0.2) is 5.82 Å². The molecule has 0 atom stereocenters. The molecule has 10 heteroatoms. The molecular formula is C27H23N9O. The van der Waals surface area contributed by atoms with Crippen LogP contribution in [0.3, 0.4) is 0 Å². The fourth-order valence-electron chi connectivity index (χ4n) is 4.73. The summed E-state index contributed by atoms with van der Waals surface area (Å²) in [6.07, 6.45) is 13.8. The molecule has 1 aliphatic rings. The van der Waals surface area contributed by atoms with Gasteiger partial charge in [-0.25, -0.2) is 9.97 Å². The molecule has 1 aromatic carbocycles. The number of nitrogens with zero attached hydrogens (tertiary/aromatic N) is 6. The Morgan fingerprint density at radius 3 is 2.76 bits per heavy atom. The van der Waals surface area contributed by atoms with E-state index in [1.807, 2.05) is 35.9 Å². The van der Waals surface area contributed by atoms with Crippen LogP contribution in [-0.4, -0.2) is 45.6 Å². The lowest BCUT2D eigenvalue weighted by Gasteiger charge is -2.24. The van der Waals surface area contributed by atoms with Crippen molar-refractivity contribution in [2.45, 2.75) is 26.2 Å². The Morgan fingerprint density at radius 1 is 1.05 bits per heavy atom. The molecule has 7 rings (SSSR count). The molecule has 1 fully saturated rings. The largest absolute Gasteiger partial charge is 0.335 e. The topological polar surface area (TPSA) is 130 Å². The number of pyridine rings is 2. The summed E-state index contributed by atoms with van der Waals surface area (Å²) in [7, 11) is 0. The number of fused-ring (bicyclic) bond motifs is 2. The van der Waals surface area contributed by atoms with Crippen molar-refractivity contribution in [1.29, 1.82) is 0 Å². The normalized spacial score (nSPS) is 13.8. The molecule has 10 nitrogen and oxygen atoms in total. The van der Waals surface area contributed by atoms with Gasteiger partial charge in [-0.3, -0.25) is 19.9 Å². The SMILES string of the molecule is Cc1cn(-c2cncc3[nH]c(-c4n[nH]c5ccc(-c6cncc(NC(=O)C7CCC7)c6)cc45)nc23)cn1. The second kappa shape index (κ2) is 8.37. The van der Waals surface area contributed by atoms with Crippen LogP contribution in [-0.2, 0) is 4.79 Å². The summed E-state index contributed by atoms with van der Waals surface area (Å²) in [6.45, 7) is 1.95. The molecule has 0 spiro atoms. The molecule has 0 unspecified atom stereocenters. The molecule has 0 bridgehead atoms. The number of rotatable bonds is 5. The summed E-state index contributed by atoms with van der Waals surface area (Å²) in [5.41, 5.74) is 7.54. The Labute approximate surface area is 211 Å². The zero-order valence-corrected chi connectivity index (χ0v) is 20.1. The number of aromatic amines is 2.